The minimum absolute atomic E-state index is 0.114. The van der Waals surface area contributed by atoms with Gasteiger partial charge in [0, 0.05) is 46.6 Å². The van der Waals surface area contributed by atoms with Crippen molar-refractivity contribution in [3.05, 3.63) is 0 Å². The maximum atomic E-state index is 15.2. The average Bonchev–Trinajstić information content (AvgIpc) is 2.93. The molecule has 11 atom stereocenters. The van der Waals surface area contributed by atoms with E-state index in [0.717, 1.165) is 47.5 Å². The second kappa shape index (κ2) is 16.7. The third kappa shape index (κ3) is 10.0. The Balaban J connectivity index is 2.03. The van der Waals surface area contributed by atoms with Gasteiger partial charge >= 0.3 is 29.8 Å². The van der Waals surface area contributed by atoms with E-state index in [1.54, 1.807) is 0 Å². The summed E-state index contributed by atoms with van der Waals surface area (Å²) in [5.74, 6) is -4.08. The molecule has 0 bridgehead atoms. The van der Waals surface area contributed by atoms with Gasteiger partial charge in [-0.15, -0.1) is 0 Å². The minimum atomic E-state index is -2.32. The number of carbonyl (C=O) groups excluding carboxylic acids is 5. The lowest BCUT2D eigenvalue weighted by Gasteiger charge is -2.48. The van der Waals surface area contributed by atoms with Gasteiger partial charge in [0.05, 0.1) is 0 Å². The van der Waals surface area contributed by atoms with Crippen LogP contribution in [0.15, 0.2) is 0 Å². The van der Waals surface area contributed by atoms with Gasteiger partial charge in [-0.05, 0) is 19.3 Å². The van der Waals surface area contributed by atoms with Crippen LogP contribution in [0.5, 0.6) is 0 Å². The summed E-state index contributed by atoms with van der Waals surface area (Å²) in [5, 5.41) is 0.114. The quantitative estimate of drug-likeness (QED) is 0.171. The topological polar surface area (TPSA) is 178 Å². The van der Waals surface area contributed by atoms with Gasteiger partial charge < -0.3 is 47.4 Å². The second-order valence-corrected chi connectivity index (χ2v) is 11.0. The molecule has 0 aromatic heterocycles. The largest absolute Gasteiger partial charge is 0.463 e. The Kier molecular flexibility index (Phi) is 13.7. The molecule has 0 aliphatic carbocycles. The Morgan fingerprint density at radius 1 is 0.682 bits per heavy atom. The van der Waals surface area contributed by atoms with Gasteiger partial charge in [0.15, 0.2) is 37.0 Å². The van der Waals surface area contributed by atoms with E-state index in [4.69, 9.17) is 47.4 Å². The molecule has 3 aliphatic rings. The summed E-state index contributed by atoms with van der Waals surface area (Å²) in [5.41, 5.74) is 0. The van der Waals surface area contributed by atoms with E-state index in [-0.39, 0.29) is 5.33 Å². The Labute approximate surface area is 261 Å². The van der Waals surface area contributed by atoms with Crippen LogP contribution in [0.4, 0.5) is 4.39 Å². The highest BCUT2D eigenvalue weighted by Crippen LogP contribution is 2.36. The summed E-state index contributed by atoms with van der Waals surface area (Å²) < 4.78 is 71.4. The Hall–Kier alpha value is -2.44. The highest BCUT2D eigenvalue weighted by atomic mass is 79.9. The van der Waals surface area contributed by atoms with Crippen molar-refractivity contribution in [2.75, 3.05) is 18.5 Å². The average molecular weight is 701 g/mol. The molecule has 3 aliphatic heterocycles. The number of carbonyl (C=O) groups is 5. The Morgan fingerprint density at radius 3 is 1.75 bits per heavy atom. The van der Waals surface area contributed by atoms with Gasteiger partial charge in [0.25, 0.3) is 0 Å². The highest BCUT2D eigenvalue weighted by Gasteiger charge is 2.57. The lowest BCUT2D eigenvalue weighted by Crippen LogP contribution is -2.66. The molecule has 15 nitrogen and oxygen atoms in total. The molecule has 0 amide bonds. The predicted molar refractivity (Wildman–Crippen MR) is 144 cm³/mol. The number of hydrogen-bond acceptors (Lipinski definition) is 15. The fourth-order valence-electron chi connectivity index (χ4n) is 5.07. The van der Waals surface area contributed by atoms with Crippen LogP contribution in [0, 0.1) is 0 Å². The van der Waals surface area contributed by atoms with E-state index in [1.165, 1.54) is 0 Å². The van der Waals surface area contributed by atoms with E-state index in [1.807, 2.05) is 0 Å². The van der Waals surface area contributed by atoms with Crippen LogP contribution < -0.4 is 0 Å². The summed E-state index contributed by atoms with van der Waals surface area (Å²) >= 11 is 3.37. The predicted octanol–water partition coefficient (Wildman–Crippen LogP) is 1.39. The number of esters is 5. The maximum Gasteiger partial charge on any atom is 0.303 e. The molecule has 3 heterocycles. The van der Waals surface area contributed by atoms with Gasteiger partial charge in [-0.25, -0.2) is 4.39 Å². The van der Waals surface area contributed by atoms with Gasteiger partial charge in [-0.1, -0.05) is 15.9 Å². The molecule has 0 N–H and O–H groups in total. The first-order valence-corrected chi connectivity index (χ1v) is 15.2. The van der Waals surface area contributed by atoms with E-state index in [0.29, 0.717) is 13.0 Å². The van der Waals surface area contributed by atoms with Crippen molar-refractivity contribution in [2.24, 2.45) is 0 Å². The fraction of sp³-hybridized carbons (Fsp3) is 0.815. The van der Waals surface area contributed by atoms with Crippen LogP contribution >= 0.6 is 15.9 Å². The molecule has 44 heavy (non-hydrogen) atoms. The van der Waals surface area contributed by atoms with Crippen LogP contribution in [0.3, 0.4) is 0 Å². The summed E-state index contributed by atoms with van der Waals surface area (Å²) in [6, 6.07) is 0. The highest BCUT2D eigenvalue weighted by molar-refractivity contribution is 9.09. The van der Waals surface area contributed by atoms with Gasteiger partial charge in [-0.3, -0.25) is 24.0 Å². The van der Waals surface area contributed by atoms with Crippen molar-refractivity contribution in [3.63, 3.8) is 0 Å². The van der Waals surface area contributed by atoms with Crippen molar-refractivity contribution in [1.82, 2.24) is 0 Å². The molecular weight excluding hydrogens is 663 g/mol. The third-order valence-corrected chi connectivity index (χ3v) is 7.36. The molecule has 0 aromatic carbocycles. The molecule has 3 fully saturated rings. The van der Waals surface area contributed by atoms with Crippen molar-refractivity contribution in [2.45, 2.75) is 122 Å². The Bertz CT molecular complexity index is 1020. The first-order chi connectivity index (χ1) is 20.8. The standard InChI is InChI=1S/C27H38BrFO15/c1-12(30)36-11-18-21(22(37-13(2)31)24(26(29)41-18)39-15(4)33)44-27-25(40-16(5)34)23(38-14(3)32)20(17(10-28)42-27)43-19-8-6-7-9-35-19/h17-27H,6-11H2,1-5H3. The summed E-state index contributed by atoms with van der Waals surface area (Å²) in [7, 11) is 0. The number of ether oxygens (including phenoxy) is 10. The first kappa shape index (κ1) is 36.0. The van der Waals surface area contributed by atoms with Crippen molar-refractivity contribution < 1.29 is 75.7 Å². The monoisotopic (exact) mass is 700 g/mol. The van der Waals surface area contributed by atoms with Gasteiger partial charge in [0.2, 0.25) is 6.36 Å². The number of alkyl halides is 2. The summed E-state index contributed by atoms with van der Waals surface area (Å²) in [4.78, 5) is 60.1. The molecule has 0 radical (unpaired) electrons. The molecular formula is C27H38BrFO15. The molecule has 0 spiro atoms. The van der Waals surface area contributed by atoms with E-state index in [2.05, 4.69) is 15.9 Å². The lowest BCUT2D eigenvalue weighted by atomic mass is 9.96. The third-order valence-electron chi connectivity index (χ3n) is 6.72. The first-order valence-electron chi connectivity index (χ1n) is 14.1. The summed E-state index contributed by atoms with van der Waals surface area (Å²) in [6.45, 7) is 5.30. The zero-order valence-electron chi connectivity index (χ0n) is 25.0. The van der Waals surface area contributed by atoms with Crippen LogP contribution in [-0.2, 0) is 71.3 Å². The number of rotatable bonds is 11. The molecule has 250 valence electrons. The SMILES string of the molecule is CC(=O)OCC1OC(F)C(OC(C)=O)C(OC(C)=O)C1OC1OC(CBr)C(OC2CCCCO2)C(OC(C)=O)C1OC(C)=O. The van der Waals surface area contributed by atoms with Crippen molar-refractivity contribution >= 4 is 45.8 Å². The van der Waals surface area contributed by atoms with Gasteiger partial charge in [0.1, 0.15) is 31.0 Å². The van der Waals surface area contributed by atoms with Crippen LogP contribution in [0.25, 0.3) is 0 Å². The molecule has 17 heteroatoms. The van der Waals surface area contributed by atoms with Crippen molar-refractivity contribution in [3.8, 4) is 0 Å². The van der Waals surface area contributed by atoms with Gasteiger partial charge in [-0.2, -0.15) is 0 Å². The van der Waals surface area contributed by atoms with Crippen LogP contribution in [0.1, 0.15) is 53.9 Å². The molecule has 3 rings (SSSR count). The zero-order chi connectivity index (χ0) is 32.6. The fourth-order valence-corrected chi connectivity index (χ4v) is 5.60. The van der Waals surface area contributed by atoms with Crippen molar-refractivity contribution in [1.29, 1.82) is 0 Å². The maximum absolute atomic E-state index is 15.2. The molecule has 11 unspecified atom stereocenters. The number of hydrogen-bond donors (Lipinski definition) is 0. The van der Waals surface area contributed by atoms with E-state index >= 15 is 4.39 Å². The molecule has 3 saturated heterocycles. The molecule has 0 aromatic rings. The minimum Gasteiger partial charge on any atom is -0.463 e. The Morgan fingerprint density at radius 2 is 1.23 bits per heavy atom. The second-order valence-electron chi connectivity index (χ2n) is 10.3. The van der Waals surface area contributed by atoms with Crippen LogP contribution in [0.2, 0.25) is 0 Å². The van der Waals surface area contributed by atoms with E-state index < -0.39 is 104 Å². The van der Waals surface area contributed by atoms with E-state index in [9.17, 15) is 24.0 Å². The lowest BCUT2D eigenvalue weighted by molar-refractivity contribution is -0.357. The summed E-state index contributed by atoms with van der Waals surface area (Å²) in [6.07, 6.45) is -13.5. The number of halogens is 2. The van der Waals surface area contributed by atoms with Crippen LogP contribution in [-0.4, -0.2) is 116 Å². The smallest absolute Gasteiger partial charge is 0.303 e. The zero-order valence-corrected chi connectivity index (χ0v) is 26.6. The normalized spacial score (nSPS) is 35.6. The molecule has 0 saturated carbocycles.